The minimum Gasteiger partial charge on any atom is -0.386 e. The average Bonchev–Trinajstić information content (AvgIpc) is 2.60. The molecule has 0 aliphatic rings. The largest absolute Gasteiger partial charge is 0.386 e. The predicted molar refractivity (Wildman–Crippen MR) is 88.8 cm³/mol. The summed E-state index contributed by atoms with van der Waals surface area (Å²) >= 11 is 0. The van der Waals surface area contributed by atoms with Crippen LogP contribution in [0.3, 0.4) is 0 Å². The first-order valence-corrected chi connectivity index (χ1v) is 7.61. The number of halogens is 1. The van der Waals surface area contributed by atoms with Crippen LogP contribution in [-0.2, 0) is 17.9 Å². The van der Waals surface area contributed by atoms with Gasteiger partial charge in [-0.1, -0.05) is 42.5 Å². The van der Waals surface area contributed by atoms with Crippen LogP contribution in [0, 0.1) is 5.82 Å². The van der Waals surface area contributed by atoms with E-state index in [1.165, 1.54) is 12.1 Å². The van der Waals surface area contributed by atoms with Crippen molar-refractivity contribution in [1.82, 2.24) is 10.6 Å². The summed E-state index contributed by atoms with van der Waals surface area (Å²) in [4.78, 5) is 11.8. The number of rotatable bonds is 7. The second-order valence-corrected chi connectivity index (χ2v) is 5.35. The number of nitrogens with one attached hydrogen (secondary N) is 2. The highest BCUT2D eigenvalue weighted by Crippen LogP contribution is 2.15. The van der Waals surface area contributed by atoms with E-state index in [1.54, 1.807) is 19.2 Å². The number of hydrogen-bond acceptors (Lipinski definition) is 3. The molecule has 1 unspecified atom stereocenters. The third-order valence-corrected chi connectivity index (χ3v) is 3.51. The smallest absolute Gasteiger partial charge is 0.315 e. The fourth-order valence-corrected chi connectivity index (χ4v) is 2.21. The summed E-state index contributed by atoms with van der Waals surface area (Å²) in [7, 11) is 1.63. The molecule has 5 nitrogen and oxygen atoms in total. The molecule has 0 aromatic heterocycles. The van der Waals surface area contributed by atoms with E-state index in [2.05, 4.69) is 10.6 Å². The lowest BCUT2D eigenvalue weighted by molar-refractivity contribution is 0.169. The van der Waals surface area contributed by atoms with E-state index in [9.17, 15) is 14.3 Å². The van der Waals surface area contributed by atoms with Gasteiger partial charge >= 0.3 is 6.03 Å². The Balaban J connectivity index is 1.76. The van der Waals surface area contributed by atoms with Gasteiger partial charge in [0.15, 0.2) is 0 Å². The molecule has 2 amide bonds. The van der Waals surface area contributed by atoms with Gasteiger partial charge in [0.25, 0.3) is 0 Å². The maximum atomic E-state index is 13.5. The minimum absolute atomic E-state index is 0.0699. The number of amides is 2. The summed E-state index contributed by atoms with van der Waals surface area (Å²) in [6.45, 7) is 0.830. The van der Waals surface area contributed by atoms with E-state index in [4.69, 9.17) is 4.74 Å². The molecule has 0 heterocycles. The van der Waals surface area contributed by atoms with Gasteiger partial charge in [-0.3, -0.25) is 0 Å². The Morgan fingerprint density at radius 1 is 1.12 bits per heavy atom. The summed E-state index contributed by atoms with van der Waals surface area (Å²) in [5.41, 5.74) is 2.16. The zero-order chi connectivity index (χ0) is 17.4. The maximum Gasteiger partial charge on any atom is 0.315 e. The summed E-state index contributed by atoms with van der Waals surface area (Å²) < 4.78 is 18.6. The molecule has 128 valence electrons. The number of hydrogen-bond donors (Lipinski definition) is 3. The molecule has 0 fully saturated rings. The van der Waals surface area contributed by atoms with Crippen molar-refractivity contribution in [1.29, 1.82) is 0 Å². The molecule has 2 rings (SSSR count). The van der Waals surface area contributed by atoms with E-state index in [0.29, 0.717) is 13.2 Å². The number of methoxy groups -OCH3 is 1. The molecule has 0 radical (unpaired) electrons. The SMILES string of the molecule is COCc1ccc(CNC(=O)NCC(O)c2ccccc2F)cc1. The molecule has 0 aliphatic heterocycles. The molecule has 2 aromatic carbocycles. The van der Waals surface area contributed by atoms with Crippen LogP contribution >= 0.6 is 0 Å². The third-order valence-electron chi connectivity index (χ3n) is 3.51. The molecule has 3 N–H and O–H groups in total. The lowest BCUT2D eigenvalue weighted by atomic mass is 10.1. The van der Waals surface area contributed by atoms with E-state index >= 15 is 0 Å². The van der Waals surface area contributed by atoms with Gasteiger partial charge in [0, 0.05) is 25.8 Å². The van der Waals surface area contributed by atoms with Crippen molar-refractivity contribution < 1.29 is 19.0 Å². The zero-order valence-electron chi connectivity index (χ0n) is 13.5. The molecular formula is C18H21FN2O3. The Kier molecular flexibility index (Phi) is 6.72. The van der Waals surface area contributed by atoms with Gasteiger partial charge in [-0.25, -0.2) is 9.18 Å². The minimum atomic E-state index is -1.09. The topological polar surface area (TPSA) is 70.6 Å². The predicted octanol–water partition coefficient (Wildman–Crippen LogP) is 2.50. The first kappa shape index (κ1) is 17.9. The Morgan fingerprint density at radius 2 is 1.79 bits per heavy atom. The standard InChI is InChI=1S/C18H21FN2O3/c1-24-12-14-8-6-13(7-9-14)10-20-18(23)21-11-17(22)15-4-2-3-5-16(15)19/h2-9,17,22H,10-12H2,1H3,(H2,20,21,23). The molecule has 1 atom stereocenters. The zero-order valence-corrected chi connectivity index (χ0v) is 13.5. The van der Waals surface area contributed by atoms with E-state index in [-0.39, 0.29) is 12.1 Å². The Morgan fingerprint density at radius 3 is 2.46 bits per heavy atom. The highest BCUT2D eigenvalue weighted by Gasteiger charge is 2.13. The highest BCUT2D eigenvalue weighted by atomic mass is 19.1. The molecule has 0 bridgehead atoms. The fourth-order valence-electron chi connectivity index (χ4n) is 2.21. The van der Waals surface area contributed by atoms with E-state index in [1.807, 2.05) is 24.3 Å². The number of carbonyl (C=O) groups excluding carboxylic acids is 1. The Hall–Kier alpha value is -2.44. The van der Waals surface area contributed by atoms with Crippen LogP contribution in [0.5, 0.6) is 0 Å². The van der Waals surface area contributed by atoms with Gasteiger partial charge < -0.3 is 20.5 Å². The molecular weight excluding hydrogens is 311 g/mol. The van der Waals surface area contributed by atoms with Crippen molar-refractivity contribution >= 4 is 6.03 Å². The number of carbonyl (C=O) groups is 1. The van der Waals surface area contributed by atoms with Gasteiger partial charge in [-0.2, -0.15) is 0 Å². The lowest BCUT2D eigenvalue weighted by Gasteiger charge is -2.13. The third kappa shape index (κ3) is 5.33. The molecule has 0 saturated heterocycles. The van der Waals surface area contributed by atoms with Crippen molar-refractivity contribution in [3.63, 3.8) is 0 Å². The summed E-state index contributed by atoms with van der Waals surface area (Å²) in [5.74, 6) is -0.497. The quantitative estimate of drug-likeness (QED) is 0.729. The molecule has 0 spiro atoms. The van der Waals surface area contributed by atoms with Crippen LogP contribution < -0.4 is 10.6 Å². The first-order valence-electron chi connectivity index (χ1n) is 7.61. The van der Waals surface area contributed by atoms with Crippen molar-refractivity contribution in [3.05, 3.63) is 71.0 Å². The van der Waals surface area contributed by atoms with Gasteiger partial charge in [-0.15, -0.1) is 0 Å². The monoisotopic (exact) mass is 332 g/mol. The van der Waals surface area contributed by atoms with Crippen molar-refractivity contribution in [3.8, 4) is 0 Å². The second kappa shape index (κ2) is 9.00. The van der Waals surface area contributed by atoms with Crippen molar-refractivity contribution in [2.24, 2.45) is 0 Å². The molecule has 6 heteroatoms. The van der Waals surface area contributed by atoms with Crippen molar-refractivity contribution in [2.75, 3.05) is 13.7 Å². The second-order valence-electron chi connectivity index (χ2n) is 5.35. The number of aliphatic hydroxyl groups excluding tert-OH is 1. The van der Waals surface area contributed by atoms with Crippen LogP contribution in [0.15, 0.2) is 48.5 Å². The highest BCUT2D eigenvalue weighted by molar-refractivity contribution is 5.73. The van der Waals surface area contributed by atoms with Crippen LogP contribution in [0.25, 0.3) is 0 Å². The summed E-state index contributed by atoms with van der Waals surface area (Å²) in [5, 5.41) is 15.1. The van der Waals surface area contributed by atoms with E-state index in [0.717, 1.165) is 11.1 Å². The fraction of sp³-hybridized carbons (Fsp3) is 0.278. The molecule has 2 aromatic rings. The van der Waals surface area contributed by atoms with Crippen LogP contribution in [-0.4, -0.2) is 24.8 Å². The maximum absolute atomic E-state index is 13.5. The van der Waals surface area contributed by atoms with E-state index < -0.39 is 18.0 Å². The first-order chi connectivity index (χ1) is 11.6. The number of aliphatic hydroxyl groups is 1. The molecule has 0 saturated carbocycles. The lowest BCUT2D eigenvalue weighted by Crippen LogP contribution is -2.37. The van der Waals surface area contributed by atoms with Crippen LogP contribution in [0.1, 0.15) is 22.8 Å². The number of benzene rings is 2. The van der Waals surface area contributed by atoms with Crippen LogP contribution in [0.2, 0.25) is 0 Å². The van der Waals surface area contributed by atoms with Gasteiger partial charge in [0.05, 0.1) is 12.7 Å². The Labute approximate surface area is 140 Å². The Bertz CT molecular complexity index is 662. The molecule has 0 aliphatic carbocycles. The van der Waals surface area contributed by atoms with Crippen molar-refractivity contribution in [2.45, 2.75) is 19.3 Å². The van der Waals surface area contributed by atoms with Gasteiger partial charge in [-0.05, 0) is 17.2 Å². The van der Waals surface area contributed by atoms with Gasteiger partial charge in [0.2, 0.25) is 0 Å². The summed E-state index contributed by atoms with van der Waals surface area (Å²) in [6.07, 6.45) is -1.09. The van der Waals surface area contributed by atoms with Gasteiger partial charge in [0.1, 0.15) is 5.82 Å². The summed E-state index contributed by atoms with van der Waals surface area (Å²) in [6, 6.07) is 13.2. The molecule has 24 heavy (non-hydrogen) atoms. The normalized spacial score (nSPS) is 11.8. The number of ether oxygens (including phenoxy) is 1. The average molecular weight is 332 g/mol. The van der Waals surface area contributed by atoms with Crippen LogP contribution in [0.4, 0.5) is 9.18 Å². The number of urea groups is 1.